The van der Waals surface area contributed by atoms with E-state index in [1.54, 1.807) is 18.2 Å². The van der Waals surface area contributed by atoms with Crippen LogP contribution in [0.15, 0.2) is 42.5 Å². The molecule has 17 heavy (non-hydrogen) atoms. The van der Waals surface area contributed by atoms with E-state index in [9.17, 15) is 0 Å². The fourth-order valence-electron chi connectivity index (χ4n) is 1.32. The quantitative estimate of drug-likeness (QED) is 0.675. The topological polar surface area (TPSA) is 9.23 Å². The highest BCUT2D eigenvalue weighted by molar-refractivity contribution is 6.42. The summed E-state index contributed by atoms with van der Waals surface area (Å²) in [5, 5.41) is 0.984. The Balaban J connectivity index is 2.16. The van der Waals surface area contributed by atoms with Crippen molar-refractivity contribution in [1.82, 2.24) is 0 Å². The van der Waals surface area contributed by atoms with Crippen LogP contribution in [0.3, 0.4) is 0 Å². The van der Waals surface area contributed by atoms with Gasteiger partial charge >= 0.3 is 0 Å². The zero-order chi connectivity index (χ0) is 12.3. The Kier molecular flexibility index (Phi) is 4.16. The van der Waals surface area contributed by atoms with E-state index in [0.717, 1.165) is 11.3 Å². The van der Waals surface area contributed by atoms with Gasteiger partial charge < -0.3 is 4.74 Å². The summed E-state index contributed by atoms with van der Waals surface area (Å²) in [6.07, 6.45) is 0. The van der Waals surface area contributed by atoms with Crippen molar-refractivity contribution >= 4 is 34.8 Å². The van der Waals surface area contributed by atoms with Crippen molar-refractivity contribution in [2.45, 2.75) is 5.88 Å². The summed E-state index contributed by atoms with van der Waals surface area (Å²) in [6.45, 7) is 0. The third-order valence-corrected chi connectivity index (χ3v) is 3.25. The van der Waals surface area contributed by atoms with Gasteiger partial charge in [-0.15, -0.1) is 11.6 Å². The second-order valence-corrected chi connectivity index (χ2v) is 4.54. The average Bonchev–Trinajstić information content (AvgIpc) is 2.35. The Morgan fingerprint density at radius 1 is 0.824 bits per heavy atom. The van der Waals surface area contributed by atoms with Crippen LogP contribution in [0.1, 0.15) is 5.56 Å². The zero-order valence-corrected chi connectivity index (χ0v) is 11.1. The fourth-order valence-corrected chi connectivity index (χ4v) is 1.79. The molecule has 0 aliphatic rings. The molecular weight excluding hydrogens is 279 g/mol. The first-order valence-electron chi connectivity index (χ1n) is 4.97. The molecule has 2 aromatic carbocycles. The lowest BCUT2D eigenvalue weighted by atomic mass is 10.2. The second kappa shape index (κ2) is 5.63. The molecule has 0 saturated heterocycles. The number of halogens is 3. The van der Waals surface area contributed by atoms with E-state index in [4.69, 9.17) is 39.5 Å². The van der Waals surface area contributed by atoms with Gasteiger partial charge in [0.15, 0.2) is 0 Å². The molecule has 0 radical (unpaired) electrons. The Bertz CT molecular complexity index is 509. The Hall–Kier alpha value is -0.890. The van der Waals surface area contributed by atoms with Crippen LogP contribution in [0.2, 0.25) is 10.0 Å². The largest absolute Gasteiger partial charge is 0.457 e. The molecular formula is C13H9Cl3O. The molecule has 0 bridgehead atoms. The minimum absolute atomic E-state index is 0.474. The van der Waals surface area contributed by atoms with Crippen LogP contribution < -0.4 is 4.74 Å². The van der Waals surface area contributed by atoms with Crippen molar-refractivity contribution in [3.63, 3.8) is 0 Å². The fraction of sp³-hybridized carbons (Fsp3) is 0.0769. The minimum Gasteiger partial charge on any atom is -0.457 e. The predicted octanol–water partition coefficient (Wildman–Crippen LogP) is 5.52. The van der Waals surface area contributed by atoms with E-state index in [1.807, 2.05) is 24.3 Å². The van der Waals surface area contributed by atoms with Gasteiger partial charge in [0.25, 0.3) is 0 Å². The van der Waals surface area contributed by atoms with Crippen LogP contribution in [-0.4, -0.2) is 0 Å². The molecule has 0 aliphatic carbocycles. The Labute approximate surface area is 115 Å². The van der Waals surface area contributed by atoms with Crippen molar-refractivity contribution in [1.29, 1.82) is 0 Å². The summed E-state index contributed by atoms with van der Waals surface area (Å²) in [5.74, 6) is 1.88. The van der Waals surface area contributed by atoms with Crippen LogP contribution in [0.5, 0.6) is 11.5 Å². The van der Waals surface area contributed by atoms with E-state index < -0.39 is 0 Å². The highest BCUT2D eigenvalue weighted by Crippen LogP contribution is 2.29. The molecule has 0 spiro atoms. The summed E-state index contributed by atoms with van der Waals surface area (Å²) in [5.41, 5.74) is 1.05. The summed E-state index contributed by atoms with van der Waals surface area (Å²) in [7, 11) is 0. The monoisotopic (exact) mass is 286 g/mol. The number of ether oxygens (including phenoxy) is 1. The van der Waals surface area contributed by atoms with Crippen LogP contribution in [0, 0.1) is 0 Å². The molecule has 1 nitrogen and oxygen atoms in total. The van der Waals surface area contributed by atoms with Gasteiger partial charge in [-0.05, 0) is 29.8 Å². The molecule has 0 fully saturated rings. The third-order valence-electron chi connectivity index (χ3n) is 2.20. The van der Waals surface area contributed by atoms with Gasteiger partial charge in [-0.3, -0.25) is 0 Å². The lowest BCUT2D eigenvalue weighted by Crippen LogP contribution is -1.85. The SMILES string of the molecule is ClCc1ccc(Oc2ccc(Cl)c(Cl)c2)cc1. The number of rotatable bonds is 3. The van der Waals surface area contributed by atoms with Crippen LogP contribution >= 0.6 is 34.8 Å². The van der Waals surface area contributed by atoms with Crippen molar-refractivity contribution < 1.29 is 4.74 Å². The van der Waals surface area contributed by atoms with Gasteiger partial charge in [-0.2, -0.15) is 0 Å². The maximum atomic E-state index is 5.90. The molecule has 0 saturated carbocycles. The number of benzene rings is 2. The van der Waals surface area contributed by atoms with Gasteiger partial charge in [0.05, 0.1) is 10.0 Å². The molecule has 88 valence electrons. The Morgan fingerprint density at radius 2 is 1.47 bits per heavy atom. The molecule has 2 rings (SSSR count). The third kappa shape index (κ3) is 3.29. The van der Waals surface area contributed by atoms with Crippen molar-refractivity contribution in [2.75, 3.05) is 0 Å². The van der Waals surface area contributed by atoms with E-state index >= 15 is 0 Å². The maximum Gasteiger partial charge on any atom is 0.129 e. The van der Waals surface area contributed by atoms with E-state index in [0.29, 0.717) is 21.7 Å². The second-order valence-electron chi connectivity index (χ2n) is 3.46. The molecule has 0 amide bonds. The number of hydrogen-bond acceptors (Lipinski definition) is 1. The van der Waals surface area contributed by atoms with Crippen LogP contribution in [0.25, 0.3) is 0 Å². The molecule has 0 unspecified atom stereocenters. The standard InChI is InChI=1S/C13H9Cl3O/c14-8-9-1-3-10(4-2-9)17-11-5-6-12(15)13(16)7-11/h1-7H,8H2. The summed E-state index contributed by atoms with van der Waals surface area (Å²) >= 11 is 17.4. The summed E-state index contributed by atoms with van der Waals surface area (Å²) in [6, 6.07) is 12.7. The molecule has 0 N–H and O–H groups in total. The van der Waals surface area contributed by atoms with E-state index in [2.05, 4.69) is 0 Å². The average molecular weight is 288 g/mol. The summed E-state index contributed by atoms with van der Waals surface area (Å²) in [4.78, 5) is 0. The smallest absolute Gasteiger partial charge is 0.129 e. The van der Waals surface area contributed by atoms with Gasteiger partial charge in [-0.25, -0.2) is 0 Å². The zero-order valence-electron chi connectivity index (χ0n) is 8.79. The minimum atomic E-state index is 0.474. The van der Waals surface area contributed by atoms with Gasteiger partial charge in [0.1, 0.15) is 11.5 Å². The van der Waals surface area contributed by atoms with Crippen molar-refractivity contribution in [3.05, 3.63) is 58.1 Å². The van der Waals surface area contributed by atoms with E-state index in [-0.39, 0.29) is 0 Å². The lowest BCUT2D eigenvalue weighted by Gasteiger charge is -2.07. The van der Waals surface area contributed by atoms with Crippen molar-refractivity contribution in [3.8, 4) is 11.5 Å². The highest BCUT2D eigenvalue weighted by atomic mass is 35.5. The lowest BCUT2D eigenvalue weighted by molar-refractivity contribution is 0.482. The van der Waals surface area contributed by atoms with Crippen molar-refractivity contribution in [2.24, 2.45) is 0 Å². The molecule has 2 aromatic rings. The van der Waals surface area contributed by atoms with Crippen LogP contribution in [-0.2, 0) is 5.88 Å². The molecule has 0 aliphatic heterocycles. The molecule has 0 aromatic heterocycles. The van der Waals surface area contributed by atoms with Gasteiger partial charge in [0, 0.05) is 11.9 Å². The first kappa shape index (κ1) is 12.6. The summed E-state index contributed by atoms with van der Waals surface area (Å²) < 4.78 is 5.63. The number of hydrogen-bond donors (Lipinski definition) is 0. The predicted molar refractivity (Wildman–Crippen MR) is 72.5 cm³/mol. The van der Waals surface area contributed by atoms with E-state index in [1.165, 1.54) is 0 Å². The molecule has 0 heterocycles. The first-order valence-corrected chi connectivity index (χ1v) is 6.26. The van der Waals surface area contributed by atoms with Crippen LogP contribution in [0.4, 0.5) is 0 Å². The molecule has 0 atom stereocenters. The molecule has 4 heteroatoms. The first-order chi connectivity index (χ1) is 8.19. The van der Waals surface area contributed by atoms with Gasteiger partial charge in [0.2, 0.25) is 0 Å². The van der Waals surface area contributed by atoms with Gasteiger partial charge in [-0.1, -0.05) is 35.3 Å². The Morgan fingerprint density at radius 3 is 2.06 bits per heavy atom. The highest BCUT2D eigenvalue weighted by Gasteiger charge is 2.01. The normalized spacial score (nSPS) is 10.3. The maximum absolute atomic E-state index is 5.90. The number of alkyl halides is 1.